The van der Waals surface area contributed by atoms with Crippen LogP contribution < -0.4 is 21.1 Å². The number of nitrogens with zero attached hydrogens (tertiary/aromatic N) is 1. The number of ether oxygens (including phenoxy) is 4. The molecule has 0 saturated heterocycles. The third kappa shape index (κ3) is 44.9. The highest BCUT2D eigenvalue weighted by Gasteiger charge is 2.17. The molecule has 64 heavy (non-hydrogen) atoms. The van der Waals surface area contributed by atoms with E-state index in [1.807, 2.05) is 27.7 Å². The van der Waals surface area contributed by atoms with Crippen molar-refractivity contribution in [1.29, 1.82) is 0 Å². The van der Waals surface area contributed by atoms with Crippen LogP contribution in [-0.2, 0) is 47.7 Å². The third-order valence-corrected chi connectivity index (χ3v) is 10.2. The first-order valence-corrected chi connectivity index (χ1v) is 24.2. The van der Waals surface area contributed by atoms with E-state index in [0.717, 1.165) is 64.2 Å². The van der Waals surface area contributed by atoms with Gasteiger partial charge in [0.15, 0.2) is 0 Å². The highest BCUT2D eigenvalue weighted by atomic mass is 16.5. The van der Waals surface area contributed by atoms with Gasteiger partial charge in [0.05, 0.1) is 26.4 Å². The zero-order valence-corrected chi connectivity index (χ0v) is 40.0. The molecule has 0 aliphatic rings. The van der Waals surface area contributed by atoms with E-state index in [4.69, 9.17) is 24.1 Å². The molecule has 374 valence electrons. The molecule has 0 spiro atoms. The summed E-state index contributed by atoms with van der Waals surface area (Å²) in [5.74, 6) is -2.39. The molecule has 5 N–H and O–H groups in total. The van der Waals surface area contributed by atoms with Crippen LogP contribution >= 0.6 is 0 Å². The number of carbonyl (C=O) groups is 6. The van der Waals surface area contributed by atoms with Crippen molar-refractivity contribution in [1.82, 2.24) is 16.0 Å². The van der Waals surface area contributed by atoms with Crippen LogP contribution in [-0.4, -0.2) is 130 Å². The van der Waals surface area contributed by atoms with Crippen molar-refractivity contribution < 1.29 is 63.0 Å². The lowest BCUT2D eigenvalue weighted by molar-refractivity contribution is -0.219. The first kappa shape index (κ1) is 62.4. The number of unbranched alkanes of at least 4 members (excludes halogenated alkanes) is 14. The predicted octanol–water partition coefficient (Wildman–Crippen LogP) is 5.92. The zero-order chi connectivity index (χ0) is 47.9. The van der Waals surface area contributed by atoms with E-state index in [0.29, 0.717) is 77.9 Å². The van der Waals surface area contributed by atoms with Gasteiger partial charge in [-0.1, -0.05) is 97.3 Å². The van der Waals surface area contributed by atoms with Gasteiger partial charge >= 0.3 is 11.9 Å². The maximum atomic E-state index is 12.0. The highest BCUT2D eigenvalue weighted by molar-refractivity contribution is 5.81. The Labute approximate surface area is 384 Å². The Kier molecular flexibility index (Phi) is 46.1. The van der Waals surface area contributed by atoms with Crippen LogP contribution in [0.4, 0.5) is 0 Å². The number of hydrogen-bond acceptors (Lipinski definition) is 12. The van der Waals surface area contributed by atoms with E-state index in [2.05, 4.69) is 20.9 Å². The number of carbonyl (C=O) groups excluding carboxylic acids is 4. The molecule has 0 rings (SSSR count). The second kappa shape index (κ2) is 47.3. The fraction of sp³-hybridized carbons (Fsp3) is 0.851. The molecule has 0 aliphatic heterocycles. The molecule has 0 aliphatic carbocycles. The Morgan fingerprint density at radius 3 is 1.52 bits per heavy atom. The van der Waals surface area contributed by atoms with E-state index in [9.17, 15) is 39.0 Å². The molecule has 17 heteroatoms. The normalized spacial score (nSPS) is 12.2. The van der Waals surface area contributed by atoms with Crippen molar-refractivity contribution >= 4 is 41.3 Å². The molecule has 2 atom stereocenters. The predicted molar refractivity (Wildman–Crippen MR) is 246 cm³/mol. The number of carboxylic acids is 2. The third-order valence-electron chi connectivity index (χ3n) is 10.2. The van der Waals surface area contributed by atoms with Crippen LogP contribution in [0.1, 0.15) is 175 Å². The first-order valence-electron chi connectivity index (χ1n) is 24.2. The van der Waals surface area contributed by atoms with E-state index in [-0.39, 0.29) is 62.5 Å². The fourth-order valence-corrected chi connectivity index (χ4v) is 6.49. The Morgan fingerprint density at radius 2 is 1.00 bits per heavy atom. The number of ketones is 1. The number of aliphatic carboxylic acids is 2. The number of Topliss-reactive ketones (excluding diaryl/α,β-unsaturated/α-hetero) is 1. The van der Waals surface area contributed by atoms with Crippen molar-refractivity contribution in [3.63, 3.8) is 0 Å². The Balaban J connectivity index is 0. The molecular weight excluding hydrogens is 829 g/mol. The minimum Gasteiger partial charge on any atom is -0.862 e. The second-order valence-corrected chi connectivity index (χ2v) is 15.7. The Hall–Kier alpha value is -3.67. The highest BCUT2D eigenvalue weighted by Crippen LogP contribution is 2.16. The van der Waals surface area contributed by atoms with Crippen LogP contribution in [0.15, 0.2) is 4.99 Å². The summed E-state index contributed by atoms with van der Waals surface area (Å²) in [5, 5.41) is 38.0. The van der Waals surface area contributed by atoms with Gasteiger partial charge in [-0.15, -0.1) is 0 Å². The SMILES string of the molecule is CCOCC(=O)NCCOCCOCC(=O)NCCCC[C@H](CC)C(=O)CC.CCOCCNC(=O)CC[C@H](N=C([O-])CCCCCCCCCCCCCCCCC(=O)O)C(=O)O. The van der Waals surface area contributed by atoms with E-state index in [1.165, 1.54) is 44.9 Å². The summed E-state index contributed by atoms with van der Waals surface area (Å²) in [5.41, 5.74) is 0. The number of nitrogens with one attached hydrogen (secondary N) is 3. The van der Waals surface area contributed by atoms with Gasteiger partial charge in [0.1, 0.15) is 25.0 Å². The first-order chi connectivity index (χ1) is 30.9. The van der Waals surface area contributed by atoms with Crippen LogP contribution in [0.25, 0.3) is 0 Å². The number of carboxylic acid groups (broad SMARTS) is 2. The molecule has 0 aromatic heterocycles. The van der Waals surface area contributed by atoms with E-state index >= 15 is 0 Å². The topological polar surface area (TPSA) is 251 Å². The summed E-state index contributed by atoms with van der Waals surface area (Å²) in [6.07, 6.45) is 20.1. The van der Waals surface area contributed by atoms with Gasteiger partial charge in [0.25, 0.3) is 0 Å². The maximum Gasteiger partial charge on any atom is 0.328 e. The Morgan fingerprint density at radius 1 is 0.516 bits per heavy atom. The standard InChI is InChI=1S/C27H50N2O7.C20H38N2O6/c1-2-36-22-21-28-24(30)20-19-23(27(34)35)29-25(31)17-15-13-11-9-7-5-3-4-6-8-10-12-14-16-18-26(32)33;1-4-17(18(23)5-2)9-7-8-10-21-20(25)16-28-14-13-27-12-11-22-19(24)15-26-6-3/h23H,2-22H2,1H3,(H,28,30)(H,29,31)(H,32,33)(H,34,35);17H,4-16H2,1-3H3,(H,21,25)(H,22,24)/p-1/t23-;17-/m00/s1. The summed E-state index contributed by atoms with van der Waals surface area (Å²) in [7, 11) is 0. The number of aliphatic imine (C=N–C) groups is 1. The van der Waals surface area contributed by atoms with Gasteiger partial charge in [-0.2, -0.15) is 0 Å². The Bertz CT molecular complexity index is 1220. The van der Waals surface area contributed by atoms with Crippen LogP contribution in [0.2, 0.25) is 0 Å². The summed E-state index contributed by atoms with van der Waals surface area (Å²) in [6, 6.07) is -1.17. The summed E-state index contributed by atoms with van der Waals surface area (Å²) in [6.45, 7) is 11.6. The summed E-state index contributed by atoms with van der Waals surface area (Å²) in [4.78, 5) is 72.0. The number of hydrogen-bond donors (Lipinski definition) is 5. The average Bonchev–Trinajstić information content (AvgIpc) is 3.27. The van der Waals surface area contributed by atoms with Crippen molar-refractivity contribution in [2.24, 2.45) is 10.9 Å². The van der Waals surface area contributed by atoms with E-state index in [1.54, 1.807) is 0 Å². The molecule has 0 aromatic carbocycles. The maximum absolute atomic E-state index is 12.0. The molecule has 0 heterocycles. The van der Waals surface area contributed by atoms with Crippen molar-refractivity contribution in [2.75, 3.05) is 72.5 Å². The lowest BCUT2D eigenvalue weighted by Gasteiger charge is -2.15. The monoisotopic (exact) mass is 916 g/mol. The molecule has 0 aromatic rings. The molecular formula is C47H87N4O13-. The lowest BCUT2D eigenvalue weighted by atomic mass is 9.93. The molecule has 3 amide bonds. The van der Waals surface area contributed by atoms with E-state index < -0.39 is 23.9 Å². The van der Waals surface area contributed by atoms with Gasteiger partial charge in [-0.05, 0) is 64.7 Å². The van der Waals surface area contributed by atoms with Crippen molar-refractivity contribution in [3.05, 3.63) is 0 Å². The number of amides is 3. The van der Waals surface area contributed by atoms with Crippen LogP contribution in [0.3, 0.4) is 0 Å². The quantitative estimate of drug-likeness (QED) is 0.0271. The molecule has 0 fully saturated rings. The second-order valence-electron chi connectivity index (χ2n) is 15.7. The van der Waals surface area contributed by atoms with Gasteiger partial charge in [-0.25, -0.2) is 4.79 Å². The zero-order valence-electron chi connectivity index (χ0n) is 40.0. The smallest absolute Gasteiger partial charge is 0.328 e. The van der Waals surface area contributed by atoms with Gasteiger partial charge in [0.2, 0.25) is 17.7 Å². The van der Waals surface area contributed by atoms with Crippen LogP contribution in [0.5, 0.6) is 0 Å². The minimum absolute atomic E-state index is 0.000355. The minimum atomic E-state index is -1.18. The summed E-state index contributed by atoms with van der Waals surface area (Å²) < 4.78 is 20.7. The summed E-state index contributed by atoms with van der Waals surface area (Å²) >= 11 is 0. The molecule has 0 saturated carbocycles. The van der Waals surface area contributed by atoms with Gasteiger partial charge in [-0.3, -0.25) is 29.0 Å². The molecule has 0 unspecified atom stereocenters. The van der Waals surface area contributed by atoms with Crippen LogP contribution in [0, 0.1) is 5.92 Å². The van der Waals surface area contributed by atoms with Crippen molar-refractivity contribution in [3.8, 4) is 0 Å². The molecule has 0 bridgehead atoms. The van der Waals surface area contributed by atoms with Gasteiger partial charge < -0.3 is 50.2 Å². The fourth-order valence-electron chi connectivity index (χ4n) is 6.49. The largest absolute Gasteiger partial charge is 0.862 e. The lowest BCUT2D eigenvalue weighted by Crippen LogP contribution is -2.31. The van der Waals surface area contributed by atoms with Gasteiger partial charge in [0, 0.05) is 58.0 Å². The average molecular weight is 916 g/mol. The molecule has 0 radical (unpaired) electrons. The number of rotatable bonds is 45. The molecule has 17 nitrogen and oxygen atoms in total. The van der Waals surface area contributed by atoms with Crippen molar-refractivity contribution in [2.45, 2.75) is 181 Å².